The first-order valence-electron chi connectivity index (χ1n) is 5.56. The van der Waals surface area contributed by atoms with E-state index in [1.807, 2.05) is 0 Å². The summed E-state index contributed by atoms with van der Waals surface area (Å²) >= 11 is 0. The number of hydrogen-bond acceptors (Lipinski definition) is 4. The minimum atomic E-state index is -3.54. The molecule has 1 aliphatic carbocycles. The number of nitrogens with one attached hydrogen (secondary N) is 1. The van der Waals surface area contributed by atoms with Crippen molar-refractivity contribution in [1.29, 1.82) is 0 Å². The first-order chi connectivity index (χ1) is 8.38. The Morgan fingerprint density at radius 3 is 2.22 bits per heavy atom. The molecule has 5 N–H and O–H groups in total. The smallest absolute Gasteiger partial charge is 0.248 e. The Morgan fingerprint density at radius 1 is 1.22 bits per heavy atom. The lowest BCUT2D eigenvalue weighted by Gasteiger charge is -2.32. The zero-order valence-corrected chi connectivity index (χ0v) is 10.5. The molecule has 0 bridgehead atoms. The van der Waals surface area contributed by atoms with Crippen LogP contribution in [0.5, 0.6) is 0 Å². The van der Waals surface area contributed by atoms with E-state index in [4.69, 9.17) is 11.5 Å². The van der Waals surface area contributed by atoms with Gasteiger partial charge in [0.15, 0.2) is 0 Å². The number of sulfonamides is 1. The van der Waals surface area contributed by atoms with Crippen LogP contribution in [0.25, 0.3) is 0 Å². The average Bonchev–Trinajstić information content (AvgIpc) is 2.27. The number of carbonyl (C=O) groups is 1. The second-order valence-electron chi connectivity index (χ2n) is 4.44. The SMILES string of the molecule is NC(=O)c1ccc(S(=O)(=O)NC2CC(N)C2)cc1. The van der Waals surface area contributed by atoms with Gasteiger partial charge in [0.05, 0.1) is 4.90 Å². The van der Waals surface area contributed by atoms with Gasteiger partial charge >= 0.3 is 0 Å². The summed E-state index contributed by atoms with van der Waals surface area (Å²) in [6, 6.07) is 5.49. The van der Waals surface area contributed by atoms with Gasteiger partial charge in [-0.3, -0.25) is 4.79 Å². The van der Waals surface area contributed by atoms with Crippen molar-refractivity contribution >= 4 is 15.9 Å². The number of hydrogen-bond donors (Lipinski definition) is 3. The summed E-state index contributed by atoms with van der Waals surface area (Å²) in [7, 11) is -3.54. The van der Waals surface area contributed by atoms with Crippen molar-refractivity contribution in [3.8, 4) is 0 Å². The van der Waals surface area contributed by atoms with E-state index in [0.29, 0.717) is 12.8 Å². The molecule has 1 fully saturated rings. The van der Waals surface area contributed by atoms with Crippen LogP contribution in [0.1, 0.15) is 23.2 Å². The predicted octanol–water partition coefficient (Wildman–Crippen LogP) is -0.446. The highest BCUT2D eigenvalue weighted by Crippen LogP contribution is 2.20. The molecule has 1 aromatic carbocycles. The summed E-state index contributed by atoms with van der Waals surface area (Å²) in [5.74, 6) is -0.586. The Bertz CT molecular complexity index is 547. The van der Waals surface area contributed by atoms with Gasteiger partial charge in [-0.25, -0.2) is 13.1 Å². The Morgan fingerprint density at radius 2 is 1.78 bits per heavy atom. The Kier molecular flexibility index (Phi) is 3.38. The highest BCUT2D eigenvalue weighted by atomic mass is 32.2. The minimum Gasteiger partial charge on any atom is -0.366 e. The van der Waals surface area contributed by atoms with Gasteiger partial charge in [0.1, 0.15) is 0 Å². The zero-order chi connectivity index (χ0) is 13.3. The van der Waals surface area contributed by atoms with E-state index in [0.717, 1.165) is 0 Å². The molecular weight excluding hydrogens is 254 g/mol. The largest absolute Gasteiger partial charge is 0.366 e. The molecule has 1 amide bonds. The fourth-order valence-electron chi connectivity index (χ4n) is 1.84. The average molecular weight is 269 g/mol. The lowest BCUT2D eigenvalue weighted by molar-refractivity contribution is 0.1000. The number of benzene rings is 1. The van der Waals surface area contributed by atoms with Gasteiger partial charge in [0.2, 0.25) is 15.9 Å². The summed E-state index contributed by atoms with van der Waals surface area (Å²) in [6.07, 6.45) is 1.30. The van der Waals surface area contributed by atoms with Gasteiger partial charge in [-0.15, -0.1) is 0 Å². The molecule has 1 aromatic rings. The Balaban J connectivity index is 2.12. The number of primary amides is 1. The molecule has 0 radical (unpaired) electrons. The zero-order valence-electron chi connectivity index (χ0n) is 9.67. The van der Waals surface area contributed by atoms with Crippen LogP contribution < -0.4 is 16.2 Å². The van der Waals surface area contributed by atoms with Crippen LogP contribution in [-0.2, 0) is 10.0 Å². The molecule has 1 saturated carbocycles. The maximum atomic E-state index is 12.0. The number of carbonyl (C=O) groups excluding carboxylic acids is 1. The third-order valence-corrected chi connectivity index (χ3v) is 4.48. The van der Waals surface area contributed by atoms with Crippen molar-refractivity contribution in [3.05, 3.63) is 29.8 Å². The van der Waals surface area contributed by atoms with Crippen molar-refractivity contribution in [2.24, 2.45) is 11.5 Å². The molecule has 0 spiro atoms. The van der Waals surface area contributed by atoms with Crippen molar-refractivity contribution in [3.63, 3.8) is 0 Å². The van der Waals surface area contributed by atoms with Crippen LogP contribution in [0.3, 0.4) is 0 Å². The third kappa shape index (κ3) is 2.69. The van der Waals surface area contributed by atoms with Crippen LogP contribution in [0, 0.1) is 0 Å². The monoisotopic (exact) mass is 269 g/mol. The highest BCUT2D eigenvalue weighted by Gasteiger charge is 2.30. The first-order valence-corrected chi connectivity index (χ1v) is 7.04. The lowest BCUT2D eigenvalue weighted by atomic mass is 9.89. The highest BCUT2D eigenvalue weighted by molar-refractivity contribution is 7.89. The second-order valence-corrected chi connectivity index (χ2v) is 6.15. The van der Waals surface area contributed by atoms with E-state index in [9.17, 15) is 13.2 Å². The van der Waals surface area contributed by atoms with Gasteiger partial charge < -0.3 is 11.5 Å². The fourth-order valence-corrected chi connectivity index (χ4v) is 3.11. The summed E-state index contributed by atoms with van der Waals surface area (Å²) in [5, 5.41) is 0. The van der Waals surface area contributed by atoms with Crippen LogP contribution in [0.15, 0.2) is 29.2 Å². The van der Waals surface area contributed by atoms with Crippen molar-refractivity contribution in [1.82, 2.24) is 4.72 Å². The van der Waals surface area contributed by atoms with E-state index < -0.39 is 15.9 Å². The van der Waals surface area contributed by atoms with Crippen LogP contribution >= 0.6 is 0 Å². The maximum Gasteiger partial charge on any atom is 0.248 e. The van der Waals surface area contributed by atoms with Crippen LogP contribution in [0.4, 0.5) is 0 Å². The topological polar surface area (TPSA) is 115 Å². The van der Waals surface area contributed by atoms with Crippen molar-refractivity contribution in [2.45, 2.75) is 29.8 Å². The standard InChI is InChI=1S/C11H15N3O3S/c12-8-5-9(6-8)14-18(16,17)10-3-1-7(2-4-10)11(13)15/h1-4,8-9,14H,5-6,12H2,(H2,13,15). The van der Waals surface area contributed by atoms with Crippen molar-refractivity contribution < 1.29 is 13.2 Å². The van der Waals surface area contributed by atoms with Gasteiger partial charge in [0, 0.05) is 17.6 Å². The molecule has 18 heavy (non-hydrogen) atoms. The normalized spacial score (nSPS) is 23.4. The number of nitrogens with two attached hydrogens (primary N) is 2. The molecule has 1 aliphatic rings. The van der Waals surface area contributed by atoms with Gasteiger partial charge in [-0.05, 0) is 37.1 Å². The number of amides is 1. The van der Waals surface area contributed by atoms with Crippen LogP contribution in [-0.4, -0.2) is 26.4 Å². The number of rotatable bonds is 4. The quantitative estimate of drug-likeness (QED) is 0.686. The molecule has 0 atom stereocenters. The molecular formula is C11H15N3O3S. The van der Waals surface area contributed by atoms with Crippen molar-refractivity contribution in [2.75, 3.05) is 0 Å². The van der Waals surface area contributed by atoms with E-state index in [-0.39, 0.29) is 22.5 Å². The van der Waals surface area contributed by atoms with E-state index in [2.05, 4.69) is 4.72 Å². The summed E-state index contributed by atoms with van der Waals surface area (Å²) in [4.78, 5) is 11.0. The van der Waals surface area contributed by atoms with E-state index in [1.54, 1.807) is 0 Å². The maximum absolute atomic E-state index is 12.0. The molecule has 98 valence electrons. The van der Waals surface area contributed by atoms with Gasteiger partial charge in [-0.1, -0.05) is 0 Å². The third-order valence-electron chi connectivity index (χ3n) is 2.95. The molecule has 0 aromatic heterocycles. The van der Waals surface area contributed by atoms with Gasteiger partial charge in [-0.2, -0.15) is 0 Å². The van der Waals surface area contributed by atoms with Gasteiger partial charge in [0.25, 0.3) is 0 Å². The molecule has 0 unspecified atom stereocenters. The molecule has 6 nitrogen and oxygen atoms in total. The summed E-state index contributed by atoms with van der Waals surface area (Å²) in [5.41, 5.74) is 11.0. The molecule has 7 heteroatoms. The predicted molar refractivity (Wildman–Crippen MR) is 66.3 cm³/mol. The van der Waals surface area contributed by atoms with Crippen LogP contribution in [0.2, 0.25) is 0 Å². The Labute approximate surface area is 105 Å². The molecule has 0 saturated heterocycles. The molecule has 0 heterocycles. The first kappa shape index (κ1) is 13.0. The second kappa shape index (κ2) is 4.68. The molecule has 2 rings (SSSR count). The summed E-state index contributed by atoms with van der Waals surface area (Å²) < 4.78 is 26.5. The lowest BCUT2D eigenvalue weighted by Crippen LogP contribution is -2.50. The Hall–Kier alpha value is -1.44. The fraction of sp³-hybridized carbons (Fsp3) is 0.364. The molecule has 0 aliphatic heterocycles. The van der Waals surface area contributed by atoms with E-state index >= 15 is 0 Å². The minimum absolute atomic E-state index is 0.0786. The summed E-state index contributed by atoms with van der Waals surface area (Å²) in [6.45, 7) is 0. The van der Waals surface area contributed by atoms with E-state index in [1.165, 1.54) is 24.3 Å².